The Bertz CT molecular complexity index is 352. The lowest BCUT2D eigenvalue weighted by Gasteiger charge is -2.14. The summed E-state index contributed by atoms with van der Waals surface area (Å²) in [6.45, 7) is 11.7. The summed E-state index contributed by atoms with van der Waals surface area (Å²) >= 11 is 0. The summed E-state index contributed by atoms with van der Waals surface area (Å²) in [6, 6.07) is 2.11. The third-order valence-electron chi connectivity index (χ3n) is 2.87. The lowest BCUT2D eigenvalue weighted by molar-refractivity contribution is 0.315. The van der Waals surface area contributed by atoms with Crippen LogP contribution in [0.2, 0.25) is 0 Å². The molecule has 0 saturated heterocycles. The minimum atomic E-state index is 0.613. The van der Waals surface area contributed by atoms with E-state index in [1.165, 1.54) is 5.56 Å². The van der Waals surface area contributed by atoms with E-state index >= 15 is 0 Å². The minimum absolute atomic E-state index is 0.613. The predicted molar refractivity (Wildman–Crippen MR) is 80.6 cm³/mol. The first-order valence-corrected chi connectivity index (χ1v) is 7.39. The zero-order valence-corrected chi connectivity index (χ0v) is 12.8. The number of nitrogens with one attached hydrogen (secondary N) is 1. The highest BCUT2D eigenvalue weighted by Crippen LogP contribution is 2.14. The van der Waals surface area contributed by atoms with Crippen LogP contribution in [0.25, 0.3) is 0 Å². The van der Waals surface area contributed by atoms with Gasteiger partial charge in [-0.3, -0.25) is 4.98 Å². The van der Waals surface area contributed by atoms with Gasteiger partial charge in [0.1, 0.15) is 5.75 Å². The number of aromatic nitrogens is 1. The van der Waals surface area contributed by atoms with Gasteiger partial charge in [0.25, 0.3) is 0 Å². The first kappa shape index (κ1) is 16.0. The number of hydrogen-bond acceptors (Lipinski definition) is 3. The number of pyridine rings is 1. The third kappa shape index (κ3) is 7.16. The molecular weight excluding hydrogens is 236 g/mol. The van der Waals surface area contributed by atoms with E-state index in [1.54, 1.807) is 6.20 Å². The molecule has 19 heavy (non-hydrogen) atoms. The van der Waals surface area contributed by atoms with Crippen molar-refractivity contribution in [3.8, 4) is 5.75 Å². The molecule has 0 aromatic carbocycles. The summed E-state index contributed by atoms with van der Waals surface area (Å²) in [6.07, 6.45) is 5.81. The Morgan fingerprint density at radius 2 is 2.00 bits per heavy atom. The molecule has 0 aliphatic heterocycles. The second-order valence-electron chi connectivity index (χ2n) is 5.74. The van der Waals surface area contributed by atoms with Gasteiger partial charge in [-0.15, -0.1) is 0 Å². The van der Waals surface area contributed by atoms with Gasteiger partial charge in [0.15, 0.2) is 0 Å². The van der Waals surface area contributed by atoms with Gasteiger partial charge in [-0.25, -0.2) is 0 Å². The van der Waals surface area contributed by atoms with E-state index in [9.17, 15) is 0 Å². The van der Waals surface area contributed by atoms with Gasteiger partial charge in [0.05, 0.1) is 12.8 Å². The fourth-order valence-electron chi connectivity index (χ4n) is 1.97. The van der Waals surface area contributed by atoms with Crippen LogP contribution in [-0.4, -0.2) is 24.7 Å². The zero-order chi connectivity index (χ0) is 14.1. The minimum Gasteiger partial charge on any atom is -0.492 e. The van der Waals surface area contributed by atoms with Crippen LogP contribution in [0.4, 0.5) is 0 Å². The molecule has 1 heterocycles. The van der Waals surface area contributed by atoms with Crippen molar-refractivity contribution in [2.75, 3.05) is 19.7 Å². The van der Waals surface area contributed by atoms with Gasteiger partial charge in [-0.05, 0) is 49.4 Å². The van der Waals surface area contributed by atoms with Crippen LogP contribution >= 0.6 is 0 Å². The van der Waals surface area contributed by atoms with Gasteiger partial charge >= 0.3 is 0 Å². The van der Waals surface area contributed by atoms with Crippen molar-refractivity contribution < 1.29 is 4.74 Å². The molecule has 3 heteroatoms. The van der Waals surface area contributed by atoms with E-state index < -0.39 is 0 Å². The molecule has 0 amide bonds. The Morgan fingerprint density at radius 3 is 2.68 bits per heavy atom. The van der Waals surface area contributed by atoms with Crippen molar-refractivity contribution in [2.45, 2.75) is 40.5 Å². The molecule has 3 nitrogen and oxygen atoms in total. The van der Waals surface area contributed by atoms with Gasteiger partial charge in [-0.2, -0.15) is 0 Å². The molecule has 0 spiro atoms. The second-order valence-corrected chi connectivity index (χ2v) is 5.74. The Morgan fingerprint density at radius 1 is 1.21 bits per heavy atom. The summed E-state index contributed by atoms with van der Waals surface area (Å²) < 4.78 is 5.61. The lowest BCUT2D eigenvalue weighted by atomic mass is 10.0. The fraction of sp³-hybridized carbons (Fsp3) is 0.688. The number of rotatable bonds is 9. The van der Waals surface area contributed by atoms with Gasteiger partial charge < -0.3 is 10.1 Å². The average molecular weight is 264 g/mol. The van der Waals surface area contributed by atoms with Gasteiger partial charge in [-0.1, -0.05) is 27.7 Å². The van der Waals surface area contributed by atoms with Crippen molar-refractivity contribution in [2.24, 2.45) is 11.8 Å². The van der Waals surface area contributed by atoms with Gasteiger partial charge in [0, 0.05) is 6.20 Å². The van der Waals surface area contributed by atoms with E-state index in [4.69, 9.17) is 4.74 Å². The van der Waals surface area contributed by atoms with Crippen LogP contribution < -0.4 is 10.1 Å². The van der Waals surface area contributed by atoms with E-state index in [1.807, 2.05) is 6.20 Å². The summed E-state index contributed by atoms with van der Waals surface area (Å²) in [7, 11) is 0. The molecule has 1 aromatic heterocycles. The van der Waals surface area contributed by atoms with E-state index in [-0.39, 0.29) is 0 Å². The Hall–Kier alpha value is -1.09. The Kier molecular flexibility index (Phi) is 7.49. The molecule has 1 aromatic rings. The summed E-state index contributed by atoms with van der Waals surface area (Å²) in [5, 5.41) is 3.50. The lowest BCUT2D eigenvalue weighted by Crippen LogP contribution is -2.26. The van der Waals surface area contributed by atoms with Crippen LogP contribution in [0.5, 0.6) is 5.75 Å². The van der Waals surface area contributed by atoms with Crippen LogP contribution in [0.1, 0.15) is 39.7 Å². The van der Waals surface area contributed by atoms with E-state index in [0.29, 0.717) is 11.8 Å². The maximum Gasteiger partial charge on any atom is 0.137 e. The van der Waals surface area contributed by atoms with Crippen molar-refractivity contribution >= 4 is 0 Å². The quantitative estimate of drug-likeness (QED) is 0.743. The van der Waals surface area contributed by atoms with E-state index in [0.717, 1.165) is 38.3 Å². The summed E-state index contributed by atoms with van der Waals surface area (Å²) in [5.41, 5.74) is 1.26. The molecule has 1 rings (SSSR count). The Balaban J connectivity index is 2.38. The summed E-state index contributed by atoms with van der Waals surface area (Å²) in [4.78, 5) is 4.25. The van der Waals surface area contributed by atoms with E-state index in [2.05, 4.69) is 44.1 Å². The highest BCUT2D eigenvalue weighted by molar-refractivity contribution is 5.23. The summed E-state index contributed by atoms with van der Waals surface area (Å²) in [5.74, 6) is 2.21. The fourth-order valence-corrected chi connectivity index (χ4v) is 1.97. The highest BCUT2D eigenvalue weighted by Gasteiger charge is 2.05. The SMILES string of the molecule is CCCOc1cncc(CC(C)CNCC(C)C)c1. The monoisotopic (exact) mass is 264 g/mol. The van der Waals surface area contributed by atoms with Gasteiger partial charge in [0.2, 0.25) is 0 Å². The van der Waals surface area contributed by atoms with Crippen LogP contribution in [-0.2, 0) is 6.42 Å². The molecule has 0 saturated carbocycles. The Labute approximate surface area is 117 Å². The highest BCUT2D eigenvalue weighted by atomic mass is 16.5. The third-order valence-corrected chi connectivity index (χ3v) is 2.87. The number of hydrogen-bond donors (Lipinski definition) is 1. The maximum absolute atomic E-state index is 5.61. The topological polar surface area (TPSA) is 34.1 Å². The molecule has 0 fully saturated rings. The molecule has 1 unspecified atom stereocenters. The molecule has 0 aliphatic carbocycles. The first-order valence-electron chi connectivity index (χ1n) is 7.39. The van der Waals surface area contributed by atoms with Crippen molar-refractivity contribution in [1.29, 1.82) is 0 Å². The number of ether oxygens (including phenoxy) is 1. The second kappa shape index (κ2) is 8.92. The van der Waals surface area contributed by atoms with Crippen LogP contribution in [0.3, 0.4) is 0 Å². The molecule has 0 aliphatic rings. The normalized spacial score (nSPS) is 12.7. The van der Waals surface area contributed by atoms with Crippen LogP contribution in [0, 0.1) is 11.8 Å². The first-order chi connectivity index (χ1) is 9.11. The molecule has 1 atom stereocenters. The molecule has 0 radical (unpaired) electrons. The number of nitrogens with zero attached hydrogens (tertiary/aromatic N) is 1. The van der Waals surface area contributed by atoms with Crippen molar-refractivity contribution in [3.63, 3.8) is 0 Å². The van der Waals surface area contributed by atoms with Crippen molar-refractivity contribution in [3.05, 3.63) is 24.0 Å². The standard InChI is InChI=1S/C16H28N2O/c1-5-6-19-16-8-15(11-18-12-16)7-14(4)10-17-9-13(2)3/h8,11-14,17H,5-7,9-10H2,1-4H3. The maximum atomic E-state index is 5.61. The smallest absolute Gasteiger partial charge is 0.137 e. The zero-order valence-electron chi connectivity index (χ0n) is 12.8. The molecule has 0 bridgehead atoms. The van der Waals surface area contributed by atoms with Crippen LogP contribution in [0.15, 0.2) is 18.5 Å². The van der Waals surface area contributed by atoms with Crippen molar-refractivity contribution in [1.82, 2.24) is 10.3 Å². The average Bonchev–Trinajstić information content (AvgIpc) is 2.36. The largest absolute Gasteiger partial charge is 0.492 e. The molecule has 1 N–H and O–H groups in total. The predicted octanol–water partition coefficient (Wildman–Crippen LogP) is 3.29. The molecular formula is C16H28N2O. The molecule has 108 valence electrons.